The molecule has 0 bridgehead atoms. The highest BCUT2D eigenvalue weighted by molar-refractivity contribution is 5.96. The van der Waals surface area contributed by atoms with Crippen LogP contribution in [0, 0.1) is 0 Å². The molecule has 0 aliphatic heterocycles. The molecule has 0 aliphatic rings. The smallest absolute Gasteiger partial charge is 0.326 e. The first-order valence-corrected chi connectivity index (χ1v) is 11.0. The van der Waals surface area contributed by atoms with Gasteiger partial charge in [-0.1, -0.05) is 30.3 Å². The zero-order valence-corrected chi connectivity index (χ0v) is 19.7. The van der Waals surface area contributed by atoms with Crippen molar-refractivity contribution in [2.45, 2.75) is 56.3 Å². The van der Waals surface area contributed by atoms with Crippen LogP contribution >= 0.6 is 0 Å². The molecule has 15 heteroatoms. The maximum absolute atomic E-state index is 12.9. The molecule has 0 saturated carbocycles. The first-order chi connectivity index (χ1) is 17.3. The Kier molecular flexibility index (Phi) is 12.2. The van der Waals surface area contributed by atoms with Crippen LogP contribution in [-0.2, 0) is 40.0 Å². The van der Waals surface area contributed by atoms with E-state index in [1.165, 1.54) is 0 Å². The fraction of sp³-hybridized carbons (Fsp3) is 0.409. The Bertz CT molecular complexity index is 1020. The molecule has 4 atom stereocenters. The summed E-state index contributed by atoms with van der Waals surface area (Å²) in [6.45, 7) is 0. The highest BCUT2D eigenvalue weighted by Crippen LogP contribution is 2.06. The van der Waals surface area contributed by atoms with Crippen LogP contribution in [0.4, 0.5) is 0 Å². The van der Waals surface area contributed by atoms with E-state index in [0.717, 1.165) is 0 Å². The van der Waals surface area contributed by atoms with Crippen LogP contribution in [0.25, 0.3) is 0 Å². The van der Waals surface area contributed by atoms with E-state index in [1.807, 2.05) is 0 Å². The van der Waals surface area contributed by atoms with Crippen molar-refractivity contribution < 1.29 is 43.8 Å². The molecule has 4 unspecified atom stereocenters. The van der Waals surface area contributed by atoms with Crippen LogP contribution in [0.5, 0.6) is 0 Å². The maximum atomic E-state index is 12.9. The van der Waals surface area contributed by atoms with Crippen LogP contribution in [-0.4, -0.2) is 75.9 Å². The molecule has 0 aliphatic carbocycles. The van der Waals surface area contributed by atoms with Gasteiger partial charge in [-0.25, -0.2) is 4.79 Å². The van der Waals surface area contributed by atoms with E-state index >= 15 is 0 Å². The normalized spacial score (nSPS) is 13.8. The molecule has 1 rings (SSSR count). The van der Waals surface area contributed by atoms with Crippen LogP contribution < -0.4 is 33.2 Å². The number of benzene rings is 1. The second-order valence-electron chi connectivity index (χ2n) is 8.09. The van der Waals surface area contributed by atoms with Crippen molar-refractivity contribution in [1.29, 1.82) is 0 Å². The monoisotopic (exact) mass is 522 g/mol. The first kappa shape index (κ1) is 30.5. The van der Waals surface area contributed by atoms with Crippen LogP contribution in [0.15, 0.2) is 30.3 Å². The third-order valence-electron chi connectivity index (χ3n) is 4.98. The lowest BCUT2D eigenvalue weighted by Crippen LogP contribution is -2.58. The molecule has 202 valence electrons. The SMILES string of the molecule is NC(=O)CCC(NC(=O)C(CC(N)=O)NC(=O)C(N)CC(=O)O)C(=O)NC(Cc1ccccc1)C(=O)O. The number of nitrogens with one attached hydrogen (secondary N) is 3. The van der Waals surface area contributed by atoms with Gasteiger partial charge < -0.3 is 43.4 Å². The summed E-state index contributed by atoms with van der Waals surface area (Å²) < 4.78 is 0. The molecule has 37 heavy (non-hydrogen) atoms. The second kappa shape index (κ2) is 14.8. The number of aliphatic carboxylic acids is 2. The standard InChI is InChI=1S/C22H30N6O9/c23-12(9-18(31)32)19(33)27-14(10-17(25)30)21(35)26-13(6-7-16(24)29)20(34)28-15(22(36)37)8-11-4-2-1-3-5-11/h1-5,12-15H,6-10,23H2,(H2,24,29)(H2,25,30)(H,26,35)(H,27,33)(H,28,34)(H,31,32)(H,36,37). The number of carbonyl (C=O) groups is 7. The van der Waals surface area contributed by atoms with Gasteiger partial charge in [-0.3, -0.25) is 28.8 Å². The molecule has 1 aromatic rings. The van der Waals surface area contributed by atoms with Crippen molar-refractivity contribution in [1.82, 2.24) is 16.0 Å². The second-order valence-corrected chi connectivity index (χ2v) is 8.09. The molecule has 0 aromatic heterocycles. The lowest BCUT2D eigenvalue weighted by molar-refractivity contribution is -0.142. The van der Waals surface area contributed by atoms with Gasteiger partial charge >= 0.3 is 11.9 Å². The van der Waals surface area contributed by atoms with Gasteiger partial charge in [-0.15, -0.1) is 0 Å². The summed E-state index contributed by atoms with van der Waals surface area (Å²) in [5, 5.41) is 24.9. The number of hydrogen-bond donors (Lipinski definition) is 8. The number of nitrogens with two attached hydrogens (primary N) is 3. The van der Waals surface area contributed by atoms with Crippen LogP contribution in [0.2, 0.25) is 0 Å². The molecule has 0 fully saturated rings. The van der Waals surface area contributed by atoms with E-state index in [1.54, 1.807) is 30.3 Å². The lowest BCUT2D eigenvalue weighted by Gasteiger charge is -2.24. The van der Waals surface area contributed by atoms with Crippen molar-refractivity contribution in [3.05, 3.63) is 35.9 Å². The summed E-state index contributed by atoms with van der Waals surface area (Å²) in [5.41, 5.74) is 16.3. The van der Waals surface area contributed by atoms with Gasteiger partial charge in [0, 0.05) is 12.8 Å². The Morgan fingerprint density at radius 1 is 0.730 bits per heavy atom. The fourth-order valence-corrected chi connectivity index (χ4v) is 3.12. The Morgan fingerprint density at radius 2 is 1.27 bits per heavy atom. The minimum absolute atomic E-state index is 0.0831. The highest BCUT2D eigenvalue weighted by Gasteiger charge is 2.31. The van der Waals surface area contributed by atoms with Crippen LogP contribution in [0.1, 0.15) is 31.2 Å². The average molecular weight is 523 g/mol. The summed E-state index contributed by atoms with van der Waals surface area (Å²) in [6, 6.07) is 2.32. The minimum atomic E-state index is -1.65. The summed E-state index contributed by atoms with van der Waals surface area (Å²) >= 11 is 0. The number of carboxylic acids is 2. The van der Waals surface area contributed by atoms with E-state index < -0.39 is 78.5 Å². The van der Waals surface area contributed by atoms with Gasteiger partial charge in [-0.2, -0.15) is 0 Å². The van der Waals surface area contributed by atoms with E-state index in [9.17, 15) is 38.7 Å². The quantitative estimate of drug-likeness (QED) is 0.107. The molecule has 11 N–H and O–H groups in total. The number of carboxylic acid groups (broad SMARTS) is 2. The van der Waals surface area contributed by atoms with Crippen molar-refractivity contribution >= 4 is 41.5 Å². The summed E-state index contributed by atoms with van der Waals surface area (Å²) in [5.74, 6) is -7.70. The molecule has 0 saturated heterocycles. The molecule has 0 heterocycles. The molecule has 1 aromatic carbocycles. The zero-order chi connectivity index (χ0) is 28.1. The van der Waals surface area contributed by atoms with Crippen molar-refractivity contribution in [2.75, 3.05) is 0 Å². The van der Waals surface area contributed by atoms with Gasteiger partial charge in [0.25, 0.3) is 0 Å². The van der Waals surface area contributed by atoms with Crippen LogP contribution in [0.3, 0.4) is 0 Å². The maximum Gasteiger partial charge on any atom is 0.326 e. The van der Waals surface area contributed by atoms with E-state index in [-0.39, 0.29) is 19.3 Å². The number of hydrogen-bond acceptors (Lipinski definition) is 8. The number of rotatable bonds is 16. The Morgan fingerprint density at radius 3 is 1.78 bits per heavy atom. The molecular formula is C22H30N6O9. The predicted molar refractivity (Wildman–Crippen MR) is 126 cm³/mol. The van der Waals surface area contributed by atoms with Gasteiger partial charge in [-0.05, 0) is 12.0 Å². The van der Waals surface area contributed by atoms with E-state index in [4.69, 9.17) is 22.3 Å². The third kappa shape index (κ3) is 11.6. The van der Waals surface area contributed by atoms with Crippen molar-refractivity contribution in [2.24, 2.45) is 17.2 Å². The molecule has 0 radical (unpaired) electrons. The molecule has 5 amide bonds. The largest absolute Gasteiger partial charge is 0.481 e. The van der Waals surface area contributed by atoms with Gasteiger partial charge in [0.05, 0.1) is 18.9 Å². The predicted octanol–water partition coefficient (Wildman–Crippen LogP) is -3.29. The zero-order valence-electron chi connectivity index (χ0n) is 19.7. The minimum Gasteiger partial charge on any atom is -0.481 e. The van der Waals surface area contributed by atoms with Gasteiger partial charge in [0.1, 0.15) is 18.1 Å². The topological polar surface area (TPSA) is 274 Å². The summed E-state index contributed by atoms with van der Waals surface area (Å²) in [4.78, 5) is 83.1. The Hall–Kier alpha value is -4.53. The Balaban J connectivity index is 3.05. The average Bonchev–Trinajstić information content (AvgIpc) is 2.80. The molecule has 0 spiro atoms. The van der Waals surface area contributed by atoms with Crippen molar-refractivity contribution in [3.8, 4) is 0 Å². The number of carbonyl (C=O) groups excluding carboxylic acids is 5. The third-order valence-corrected chi connectivity index (χ3v) is 4.98. The molecule has 15 nitrogen and oxygen atoms in total. The fourth-order valence-electron chi connectivity index (χ4n) is 3.12. The van der Waals surface area contributed by atoms with Crippen molar-refractivity contribution in [3.63, 3.8) is 0 Å². The highest BCUT2D eigenvalue weighted by atomic mass is 16.4. The number of primary amides is 2. The summed E-state index contributed by atoms with van der Waals surface area (Å²) in [6.07, 6.45) is -2.28. The number of amides is 5. The lowest BCUT2D eigenvalue weighted by atomic mass is 10.0. The van der Waals surface area contributed by atoms with Gasteiger partial charge in [0.2, 0.25) is 29.5 Å². The molecular weight excluding hydrogens is 492 g/mol. The van der Waals surface area contributed by atoms with Gasteiger partial charge in [0.15, 0.2) is 0 Å². The Labute approximate surface area is 211 Å². The summed E-state index contributed by atoms with van der Waals surface area (Å²) in [7, 11) is 0. The van der Waals surface area contributed by atoms with E-state index in [0.29, 0.717) is 5.56 Å². The first-order valence-electron chi connectivity index (χ1n) is 11.0. The van der Waals surface area contributed by atoms with E-state index in [2.05, 4.69) is 16.0 Å².